The van der Waals surface area contributed by atoms with E-state index in [1.54, 1.807) is 27.7 Å². The number of nitrogens with zero attached hydrogens (tertiary/aromatic N) is 1. The van der Waals surface area contributed by atoms with Crippen LogP contribution in [0.4, 0.5) is 4.79 Å². The minimum absolute atomic E-state index is 0.0221. The summed E-state index contributed by atoms with van der Waals surface area (Å²) in [6.07, 6.45) is 1.03. The van der Waals surface area contributed by atoms with Crippen LogP contribution in [-0.2, 0) is 28.6 Å². The van der Waals surface area contributed by atoms with Crippen LogP contribution >= 0.6 is 0 Å². The van der Waals surface area contributed by atoms with Crippen molar-refractivity contribution in [1.82, 2.24) is 4.90 Å². The summed E-state index contributed by atoms with van der Waals surface area (Å²) in [5.41, 5.74) is -0.830. The summed E-state index contributed by atoms with van der Waals surface area (Å²) < 4.78 is 15.0. The van der Waals surface area contributed by atoms with Crippen molar-refractivity contribution in [3.05, 3.63) is 0 Å². The van der Waals surface area contributed by atoms with Crippen LogP contribution in [0.2, 0.25) is 0 Å². The Morgan fingerprint density at radius 3 is 2.23 bits per heavy atom. The Balaban J connectivity index is 2.29. The summed E-state index contributed by atoms with van der Waals surface area (Å²) in [4.78, 5) is 50.2. The molecule has 0 N–H and O–H groups in total. The van der Waals surface area contributed by atoms with Gasteiger partial charge < -0.3 is 14.2 Å². The van der Waals surface area contributed by atoms with Crippen molar-refractivity contribution < 1.29 is 33.4 Å². The number of esters is 2. The molecule has 2 aliphatic carbocycles. The number of ether oxygens (including phenoxy) is 3. The topological polar surface area (TPSA) is 99.2 Å². The number of carbonyl (C=O) groups is 4. The van der Waals surface area contributed by atoms with Crippen LogP contribution in [0.3, 0.4) is 0 Å². The molecule has 0 spiro atoms. The highest BCUT2D eigenvalue weighted by atomic mass is 16.6. The molecular weight excluding hydrogens is 342 g/mol. The molecule has 8 nitrogen and oxygen atoms in total. The van der Waals surface area contributed by atoms with Gasteiger partial charge in [-0.25, -0.2) is 14.5 Å². The first-order valence-electron chi connectivity index (χ1n) is 8.90. The quantitative estimate of drug-likeness (QED) is 0.425. The predicted molar refractivity (Wildman–Crippen MR) is 89.8 cm³/mol. The highest BCUT2D eigenvalue weighted by molar-refractivity contribution is 6.35. The SMILES string of the molecule is CCOC(=O)C(=O)N(C(=O)OC(C)(C)C)C1CC2CC(C(=O)OC)C1C2. The molecule has 26 heavy (non-hydrogen) atoms. The Bertz CT molecular complexity index is 595. The Morgan fingerprint density at radius 2 is 1.73 bits per heavy atom. The zero-order valence-electron chi connectivity index (χ0n) is 15.9. The minimum Gasteiger partial charge on any atom is -0.469 e. The fourth-order valence-electron chi connectivity index (χ4n) is 4.00. The van der Waals surface area contributed by atoms with Crippen molar-refractivity contribution in [2.45, 2.75) is 58.6 Å². The molecule has 4 unspecified atom stereocenters. The van der Waals surface area contributed by atoms with Gasteiger partial charge in [-0.15, -0.1) is 0 Å². The van der Waals surface area contributed by atoms with E-state index in [1.165, 1.54) is 7.11 Å². The van der Waals surface area contributed by atoms with Gasteiger partial charge in [0.15, 0.2) is 0 Å². The Kier molecular flexibility index (Phi) is 5.93. The fourth-order valence-corrected chi connectivity index (χ4v) is 4.00. The highest BCUT2D eigenvalue weighted by Gasteiger charge is 2.54. The molecule has 0 aromatic rings. The maximum absolute atomic E-state index is 12.7. The van der Waals surface area contributed by atoms with Crippen molar-refractivity contribution in [2.75, 3.05) is 13.7 Å². The van der Waals surface area contributed by atoms with E-state index in [9.17, 15) is 19.2 Å². The van der Waals surface area contributed by atoms with Gasteiger partial charge in [0.1, 0.15) is 5.60 Å². The number of methoxy groups -OCH3 is 1. The van der Waals surface area contributed by atoms with Gasteiger partial charge in [0.25, 0.3) is 0 Å². The number of fused-ring (bicyclic) bond motifs is 2. The maximum atomic E-state index is 12.7. The summed E-state index contributed by atoms with van der Waals surface area (Å²) >= 11 is 0. The second-order valence-corrected chi connectivity index (χ2v) is 7.81. The number of amides is 2. The molecule has 2 aliphatic rings. The second-order valence-electron chi connectivity index (χ2n) is 7.81. The zero-order chi connectivity index (χ0) is 19.6. The number of carbonyl (C=O) groups excluding carboxylic acids is 4. The third kappa shape index (κ3) is 4.16. The average Bonchev–Trinajstić information content (AvgIpc) is 3.13. The first-order chi connectivity index (χ1) is 12.1. The Labute approximate surface area is 153 Å². The van der Waals surface area contributed by atoms with E-state index >= 15 is 0 Å². The van der Waals surface area contributed by atoms with Gasteiger partial charge in [0, 0.05) is 6.04 Å². The summed E-state index contributed by atoms with van der Waals surface area (Å²) in [5, 5.41) is 0. The molecule has 2 fully saturated rings. The van der Waals surface area contributed by atoms with Gasteiger partial charge in [-0.05, 0) is 58.8 Å². The van der Waals surface area contributed by atoms with Gasteiger partial charge in [-0.3, -0.25) is 9.59 Å². The molecule has 0 aromatic carbocycles. The number of imide groups is 1. The average molecular weight is 369 g/mol. The predicted octanol–water partition coefficient (Wildman–Crippen LogP) is 1.90. The zero-order valence-corrected chi connectivity index (χ0v) is 15.9. The molecule has 2 amide bonds. The minimum atomic E-state index is -1.10. The van der Waals surface area contributed by atoms with E-state index in [4.69, 9.17) is 14.2 Å². The summed E-state index contributed by atoms with van der Waals surface area (Å²) in [5.74, 6) is -2.93. The first kappa shape index (κ1) is 20.2. The van der Waals surface area contributed by atoms with Crippen molar-refractivity contribution in [3.8, 4) is 0 Å². The van der Waals surface area contributed by atoms with Crippen LogP contribution in [-0.4, -0.2) is 54.2 Å². The standard InChI is InChI=1S/C18H27NO7/c1-6-25-16(22)14(20)19(17(23)26-18(2,3)4)13-9-10-7-11(13)12(8-10)15(21)24-5/h10-13H,6-9H2,1-5H3. The lowest BCUT2D eigenvalue weighted by Crippen LogP contribution is -2.53. The largest absolute Gasteiger partial charge is 0.469 e. The lowest BCUT2D eigenvalue weighted by Gasteiger charge is -2.35. The van der Waals surface area contributed by atoms with Crippen molar-refractivity contribution in [2.24, 2.45) is 17.8 Å². The molecule has 2 saturated carbocycles. The number of hydrogen-bond donors (Lipinski definition) is 0. The van der Waals surface area contributed by atoms with Crippen LogP contribution in [0.1, 0.15) is 47.0 Å². The first-order valence-corrected chi connectivity index (χ1v) is 8.90. The van der Waals surface area contributed by atoms with Crippen LogP contribution in [0.25, 0.3) is 0 Å². The van der Waals surface area contributed by atoms with E-state index < -0.39 is 29.6 Å². The van der Waals surface area contributed by atoms with Crippen molar-refractivity contribution in [3.63, 3.8) is 0 Å². The third-order valence-corrected chi connectivity index (χ3v) is 4.87. The fraction of sp³-hybridized carbons (Fsp3) is 0.778. The lowest BCUT2D eigenvalue weighted by atomic mass is 9.84. The number of rotatable bonds is 3. The molecule has 2 rings (SSSR count). The van der Waals surface area contributed by atoms with E-state index in [-0.39, 0.29) is 30.3 Å². The molecule has 2 bridgehead atoms. The van der Waals surface area contributed by atoms with Crippen LogP contribution in [0.5, 0.6) is 0 Å². The van der Waals surface area contributed by atoms with Gasteiger partial charge in [0.05, 0.1) is 19.6 Å². The van der Waals surface area contributed by atoms with Crippen LogP contribution in [0.15, 0.2) is 0 Å². The second kappa shape index (κ2) is 7.63. The normalized spacial score (nSPS) is 27.0. The van der Waals surface area contributed by atoms with Gasteiger partial charge in [-0.1, -0.05) is 0 Å². The lowest BCUT2D eigenvalue weighted by molar-refractivity contribution is -0.162. The van der Waals surface area contributed by atoms with E-state index in [1.807, 2.05) is 0 Å². The monoisotopic (exact) mass is 369 g/mol. The molecule has 8 heteroatoms. The molecule has 0 radical (unpaired) electrons. The molecule has 0 heterocycles. The van der Waals surface area contributed by atoms with Crippen LogP contribution < -0.4 is 0 Å². The summed E-state index contributed by atoms with van der Waals surface area (Å²) in [6.45, 7) is 6.63. The smallest absolute Gasteiger partial charge is 0.417 e. The van der Waals surface area contributed by atoms with Crippen molar-refractivity contribution >= 4 is 23.9 Å². The van der Waals surface area contributed by atoms with E-state index in [2.05, 4.69) is 0 Å². The molecular formula is C18H27NO7. The van der Waals surface area contributed by atoms with Crippen molar-refractivity contribution in [1.29, 1.82) is 0 Å². The van der Waals surface area contributed by atoms with Gasteiger partial charge in [0.2, 0.25) is 0 Å². The Hall–Kier alpha value is -2.12. The molecule has 4 atom stereocenters. The molecule has 0 aliphatic heterocycles. The third-order valence-electron chi connectivity index (χ3n) is 4.87. The van der Waals surface area contributed by atoms with Gasteiger partial charge >= 0.3 is 23.9 Å². The number of hydrogen-bond acceptors (Lipinski definition) is 7. The summed E-state index contributed by atoms with van der Waals surface area (Å²) in [6, 6.07) is -0.579. The highest BCUT2D eigenvalue weighted by Crippen LogP contribution is 2.51. The van der Waals surface area contributed by atoms with E-state index in [0.29, 0.717) is 19.3 Å². The van der Waals surface area contributed by atoms with Crippen LogP contribution in [0, 0.1) is 17.8 Å². The van der Waals surface area contributed by atoms with E-state index in [0.717, 1.165) is 4.90 Å². The molecule has 0 saturated heterocycles. The van der Waals surface area contributed by atoms with Gasteiger partial charge in [-0.2, -0.15) is 0 Å². The maximum Gasteiger partial charge on any atom is 0.417 e. The molecule has 0 aromatic heterocycles. The Morgan fingerprint density at radius 1 is 1.08 bits per heavy atom. The summed E-state index contributed by atoms with van der Waals surface area (Å²) in [7, 11) is 1.32. The molecule has 146 valence electrons.